The summed E-state index contributed by atoms with van der Waals surface area (Å²) in [6.07, 6.45) is 2.34. The highest BCUT2D eigenvalue weighted by molar-refractivity contribution is 7.08. The SMILES string of the molecule is CC(C)[NH2+]CC=C(c1ccsc1)c1ccsc1.[Cl-]. The van der Waals surface area contributed by atoms with Crippen molar-refractivity contribution in [1.29, 1.82) is 0 Å². The lowest BCUT2D eigenvalue weighted by atomic mass is 10.0. The van der Waals surface area contributed by atoms with Gasteiger partial charge in [0.1, 0.15) is 0 Å². The molecule has 98 valence electrons. The van der Waals surface area contributed by atoms with E-state index in [4.69, 9.17) is 0 Å². The summed E-state index contributed by atoms with van der Waals surface area (Å²) in [5, 5.41) is 11.1. The van der Waals surface area contributed by atoms with Crippen LogP contribution in [0.5, 0.6) is 0 Å². The van der Waals surface area contributed by atoms with Crippen molar-refractivity contribution in [2.24, 2.45) is 0 Å². The molecule has 0 saturated heterocycles. The van der Waals surface area contributed by atoms with Gasteiger partial charge >= 0.3 is 0 Å². The van der Waals surface area contributed by atoms with Gasteiger partial charge in [0.2, 0.25) is 0 Å². The molecule has 0 amide bonds. The fourth-order valence-corrected chi connectivity index (χ4v) is 3.01. The van der Waals surface area contributed by atoms with Crippen molar-refractivity contribution in [2.75, 3.05) is 6.54 Å². The molecule has 0 radical (unpaired) electrons. The summed E-state index contributed by atoms with van der Waals surface area (Å²) in [7, 11) is 0. The molecule has 0 unspecified atom stereocenters. The third-order valence-electron chi connectivity index (χ3n) is 2.59. The summed E-state index contributed by atoms with van der Waals surface area (Å²) in [6.45, 7) is 5.49. The largest absolute Gasteiger partial charge is 1.00 e. The molecule has 0 bridgehead atoms. The third kappa shape index (κ3) is 4.25. The van der Waals surface area contributed by atoms with E-state index in [1.807, 2.05) is 0 Å². The van der Waals surface area contributed by atoms with Crippen molar-refractivity contribution in [1.82, 2.24) is 0 Å². The highest BCUT2D eigenvalue weighted by Crippen LogP contribution is 2.26. The Balaban J connectivity index is 0.00000162. The summed E-state index contributed by atoms with van der Waals surface area (Å²) in [6, 6.07) is 5.05. The van der Waals surface area contributed by atoms with Crippen LogP contribution in [0.1, 0.15) is 25.0 Å². The summed E-state index contributed by atoms with van der Waals surface area (Å²) >= 11 is 3.51. The second-order valence-corrected chi connectivity index (χ2v) is 5.92. The van der Waals surface area contributed by atoms with E-state index in [0.29, 0.717) is 6.04 Å². The van der Waals surface area contributed by atoms with Crippen LogP contribution < -0.4 is 17.7 Å². The molecule has 0 aromatic carbocycles. The molecule has 0 aliphatic rings. The van der Waals surface area contributed by atoms with Crippen molar-refractivity contribution in [3.05, 3.63) is 50.9 Å². The number of thiophene rings is 2. The molecule has 0 saturated carbocycles. The van der Waals surface area contributed by atoms with E-state index in [0.717, 1.165) is 6.54 Å². The van der Waals surface area contributed by atoms with Gasteiger partial charge in [-0.2, -0.15) is 22.7 Å². The molecule has 18 heavy (non-hydrogen) atoms. The Morgan fingerprint density at radius 3 is 2.11 bits per heavy atom. The Morgan fingerprint density at radius 1 is 1.17 bits per heavy atom. The minimum Gasteiger partial charge on any atom is -1.00 e. The maximum Gasteiger partial charge on any atom is 0.0953 e. The van der Waals surface area contributed by atoms with Crippen LogP contribution in [-0.2, 0) is 0 Å². The number of halogens is 1. The standard InChI is InChI=1S/C14H17NS2.ClH/c1-11(2)15-6-3-14(12-4-7-16-9-12)13-5-8-17-10-13;/h3-5,7-11,15H,6H2,1-2H3;1H. The van der Waals surface area contributed by atoms with E-state index in [9.17, 15) is 0 Å². The van der Waals surface area contributed by atoms with Crippen LogP contribution >= 0.6 is 22.7 Å². The van der Waals surface area contributed by atoms with Crippen molar-refractivity contribution in [2.45, 2.75) is 19.9 Å². The Bertz CT molecular complexity index is 422. The summed E-state index contributed by atoms with van der Waals surface area (Å²) in [4.78, 5) is 0. The Morgan fingerprint density at radius 2 is 1.72 bits per heavy atom. The number of hydrogen-bond donors (Lipinski definition) is 1. The van der Waals surface area contributed by atoms with E-state index in [1.54, 1.807) is 22.7 Å². The van der Waals surface area contributed by atoms with E-state index in [2.05, 4.69) is 58.9 Å². The van der Waals surface area contributed by atoms with Crippen LogP contribution in [0.25, 0.3) is 5.57 Å². The van der Waals surface area contributed by atoms with Gasteiger partial charge in [0.25, 0.3) is 0 Å². The van der Waals surface area contributed by atoms with Gasteiger partial charge in [-0.3, -0.25) is 0 Å². The summed E-state index contributed by atoms with van der Waals surface area (Å²) in [5.74, 6) is 0. The molecular weight excluding hydrogens is 282 g/mol. The molecule has 0 aliphatic carbocycles. The van der Waals surface area contributed by atoms with Crippen LogP contribution in [0, 0.1) is 0 Å². The fourth-order valence-electron chi connectivity index (χ4n) is 1.70. The van der Waals surface area contributed by atoms with Crippen LogP contribution in [0.3, 0.4) is 0 Å². The molecule has 2 heterocycles. The zero-order chi connectivity index (χ0) is 12.1. The van der Waals surface area contributed by atoms with Crippen LogP contribution in [-0.4, -0.2) is 12.6 Å². The van der Waals surface area contributed by atoms with Crippen LogP contribution in [0.15, 0.2) is 39.7 Å². The minimum atomic E-state index is 0. The molecule has 0 fully saturated rings. The van der Waals surface area contributed by atoms with Gasteiger partial charge in [-0.25, -0.2) is 0 Å². The van der Waals surface area contributed by atoms with E-state index < -0.39 is 0 Å². The van der Waals surface area contributed by atoms with Crippen molar-refractivity contribution in [3.8, 4) is 0 Å². The molecule has 2 aromatic rings. The van der Waals surface area contributed by atoms with Gasteiger partial charge in [-0.1, -0.05) is 0 Å². The summed E-state index contributed by atoms with van der Waals surface area (Å²) in [5.41, 5.74) is 4.04. The topological polar surface area (TPSA) is 16.6 Å². The highest BCUT2D eigenvalue weighted by atomic mass is 35.5. The predicted octanol–water partition coefficient (Wildman–Crippen LogP) is 0.217. The van der Waals surface area contributed by atoms with Crippen LogP contribution in [0.4, 0.5) is 0 Å². The molecule has 0 spiro atoms. The van der Waals surface area contributed by atoms with Gasteiger partial charge < -0.3 is 17.7 Å². The maximum atomic E-state index is 2.35. The summed E-state index contributed by atoms with van der Waals surface area (Å²) < 4.78 is 0. The first-order chi connectivity index (χ1) is 8.27. The Labute approximate surface area is 123 Å². The Kier molecular flexibility index (Phi) is 6.65. The molecule has 0 atom stereocenters. The van der Waals surface area contributed by atoms with E-state index in [-0.39, 0.29) is 12.4 Å². The van der Waals surface area contributed by atoms with Crippen molar-refractivity contribution < 1.29 is 17.7 Å². The smallest absolute Gasteiger partial charge is 0.0953 e. The second kappa shape index (κ2) is 7.74. The van der Waals surface area contributed by atoms with E-state index in [1.165, 1.54) is 16.7 Å². The van der Waals surface area contributed by atoms with Gasteiger partial charge in [-0.15, -0.1) is 0 Å². The molecule has 0 aliphatic heterocycles. The number of rotatable bonds is 5. The number of nitrogens with two attached hydrogens (primary N) is 1. The first kappa shape index (κ1) is 15.4. The van der Waals surface area contributed by atoms with Crippen molar-refractivity contribution in [3.63, 3.8) is 0 Å². The zero-order valence-corrected chi connectivity index (χ0v) is 13.0. The predicted molar refractivity (Wildman–Crippen MR) is 77.6 cm³/mol. The molecular formula is C14H18ClNS2. The highest BCUT2D eigenvalue weighted by Gasteiger charge is 2.06. The van der Waals surface area contributed by atoms with Gasteiger partial charge in [0, 0.05) is 0 Å². The quantitative estimate of drug-likeness (QED) is 0.813. The fraction of sp³-hybridized carbons (Fsp3) is 0.286. The van der Waals surface area contributed by atoms with Crippen LogP contribution in [0.2, 0.25) is 0 Å². The lowest BCUT2D eigenvalue weighted by Gasteiger charge is -2.05. The van der Waals surface area contributed by atoms with Gasteiger partial charge in [-0.05, 0) is 70.3 Å². The molecule has 2 rings (SSSR count). The zero-order valence-electron chi connectivity index (χ0n) is 10.6. The molecule has 2 aromatic heterocycles. The molecule has 1 nitrogen and oxygen atoms in total. The van der Waals surface area contributed by atoms with Gasteiger partial charge in [0.15, 0.2) is 0 Å². The van der Waals surface area contributed by atoms with Gasteiger partial charge in [0.05, 0.1) is 12.6 Å². The second-order valence-electron chi connectivity index (χ2n) is 4.36. The number of quaternary nitrogens is 1. The monoisotopic (exact) mass is 299 g/mol. The lowest BCUT2D eigenvalue weighted by molar-refractivity contribution is -0.674. The number of hydrogen-bond acceptors (Lipinski definition) is 2. The lowest BCUT2D eigenvalue weighted by Crippen LogP contribution is -3.00. The molecule has 4 heteroatoms. The third-order valence-corrected chi connectivity index (χ3v) is 3.96. The average molecular weight is 300 g/mol. The van der Waals surface area contributed by atoms with Crippen molar-refractivity contribution >= 4 is 28.2 Å². The maximum absolute atomic E-state index is 2.35. The first-order valence-electron chi connectivity index (χ1n) is 5.86. The average Bonchev–Trinajstić information content (AvgIpc) is 2.97. The van der Waals surface area contributed by atoms with E-state index >= 15 is 0 Å². The minimum absolute atomic E-state index is 0. The Hall–Kier alpha value is -0.610. The first-order valence-corrected chi connectivity index (χ1v) is 7.74. The normalized spacial score (nSPS) is 10.2. The molecule has 2 N–H and O–H groups in total.